The van der Waals surface area contributed by atoms with Crippen molar-refractivity contribution in [2.45, 2.75) is 13.0 Å². The number of carbonyl (C=O) groups excluding carboxylic acids is 1. The third-order valence-corrected chi connectivity index (χ3v) is 4.97. The van der Waals surface area contributed by atoms with Crippen LogP contribution < -0.4 is 20.1 Å². The summed E-state index contributed by atoms with van der Waals surface area (Å²) in [6.07, 6.45) is 0. The molecule has 3 aromatic carbocycles. The SMILES string of the molecule is CC(Nc1ccc(NC(=O)c2cc(Cl)c3c(c2)OCCO3)cc1)c1ccccc1. The lowest BCUT2D eigenvalue weighted by Crippen LogP contribution is -2.17. The van der Waals surface area contributed by atoms with Gasteiger partial charge >= 0.3 is 0 Å². The molecule has 1 aliphatic rings. The van der Waals surface area contributed by atoms with Gasteiger partial charge in [0.25, 0.3) is 5.91 Å². The predicted octanol–water partition coefficient (Wildman–Crippen LogP) is 5.54. The summed E-state index contributed by atoms with van der Waals surface area (Å²) in [7, 11) is 0. The molecule has 0 saturated heterocycles. The van der Waals surface area contributed by atoms with E-state index in [0.29, 0.717) is 41.0 Å². The molecule has 1 unspecified atom stereocenters. The average molecular weight is 409 g/mol. The molecule has 4 rings (SSSR count). The van der Waals surface area contributed by atoms with Gasteiger partial charge in [-0.2, -0.15) is 0 Å². The van der Waals surface area contributed by atoms with Gasteiger partial charge < -0.3 is 20.1 Å². The number of anilines is 2. The summed E-state index contributed by atoms with van der Waals surface area (Å²) in [5, 5.41) is 6.70. The van der Waals surface area contributed by atoms with Crippen LogP contribution in [0.15, 0.2) is 66.7 Å². The first-order valence-electron chi connectivity index (χ1n) is 9.42. The number of hydrogen-bond donors (Lipinski definition) is 2. The molecular formula is C23H21ClN2O3. The Kier molecular flexibility index (Phi) is 5.58. The summed E-state index contributed by atoms with van der Waals surface area (Å²) in [4.78, 5) is 12.6. The monoisotopic (exact) mass is 408 g/mol. The number of fused-ring (bicyclic) bond motifs is 1. The van der Waals surface area contributed by atoms with Crippen molar-refractivity contribution in [3.63, 3.8) is 0 Å². The van der Waals surface area contributed by atoms with Gasteiger partial charge in [0.2, 0.25) is 0 Å². The second-order valence-corrected chi connectivity index (χ2v) is 7.20. The van der Waals surface area contributed by atoms with E-state index in [4.69, 9.17) is 21.1 Å². The molecule has 2 N–H and O–H groups in total. The van der Waals surface area contributed by atoms with Crippen LogP contribution in [-0.4, -0.2) is 19.1 Å². The molecule has 1 heterocycles. The Hall–Kier alpha value is -3.18. The molecule has 0 saturated carbocycles. The van der Waals surface area contributed by atoms with E-state index in [1.54, 1.807) is 12.1 Å². The van der Waals surface area contributed by atoms with Crippen molar-refractivity contribution < 1.29 is 14.3 Å². The van der Waals surface area contributed by atoms with Crippen LogP contribution in [0.2, 0.25) is 5.02 Å². The fourth-order valence-electron chi connectivity index (χ4n) is 3.17. The van der Waals surface area contributed by atoms with E-state index in [1.807, 2.05) is 42.5 Å². The lowest BCUT2D eigenvalue weighted by atomic mass is 10.1. The van der Waals surface area contributed by atoms with Crippen LogP contribution >= 0.6 is 11.6 Å². The van der Waals surface area contributed by atoms with Crippen molar-refractivity contribution in [2.24, 2.45) is 0 Å². The first kappa shape index (κ1) is 19.2. The van der Waals surface area contributed by atoms with Crippen LogP contribution in [0, 0.1) is 0 Å². The lowest BCUT2D eigenvalue weighted by Gasteiger charge is -2.20. The van der Waals surface area contributed by atoms with Gasteiger partial charge in [0, 0.05) is 23.0 Å². The summed E-state index contributed by atoms with van der Waals surface area (Å²) in [6, 6.07) is 21.2. The summed E-state index contributed by atoms with van der Waals surface area (Å²) in [6.45, 7) is 2.99. The number of rotatable bonds is 5. The highest BCUT2D eigenvalue weighted by molar-refractivity contribution is 6.32. The van der Waals surface area contributed by atoms with Gasteiger partial charge in [-0.1, -0.05) is 41.9 Å². The van der Waals surface area contributed by atoms with E-state index >= 15 is 0 Å². The number of halogens is 1. The van der Waals surface area contributed by atoms with E-state index < -0.39 is 0 Å². The minimum absolute atomic E-state index is 0.177. The zero-order valence-electron chi connectivity index (χ0n) is 15.9. The molecular weight excluding hydrogens is 388 g/mol. The summed E-state index contributed by atoms with van der Waals surface area (Å²) in [5.41, 5.74) is 3.29. The van der Waals surface area contributed by atoms with Crippen molar-refractivity contribution in [2.75, 3.05) is 23.8 Å². The molecule has 0 spiro atoms. The Morgan fingerprint density at radius 3 is 2.41 bits per heavy atom. The molecule has 0 aliphatic carbocycles. The predicted molar refractivity (Wildman–Crippen MR) is 115 cm³/mol. The Labute approximate surface area is 174 Å². The van der Waals surface area contributed by atoms with Gasteiger partial charge in [-0.25, -0.2) is 0 Å². The molecule has 5 nitrogen and oxygen atoms in total. The van der Waals surface area contributed by atoms with Crippen LogP contribution in [0.5, 0.6) is 11.5 Å². The Bertz CT molecular complexity index is 1010. The molecule has 3 aromatic rings. The van der Waals surface area contributed by atoms with E-state index in [0.717, 1.165) is 5.69 Å². The Morgan fingerprint density at radius 1 is 0.966 bits per heavy atom. The molecule has 29 heavy (non-hydrogen) atoms. The van der Waals surface area contributed by atoms with E-state index in [2.05, 4.69) is 29.7 Å². The fraction of sp³-hybridized carbons (Fsp3) is 0.174. The highest BCUT2D eigenvalue weighted by atomic mass is 35.5. The zero-order valence-corrected chi connectivity index (χ0v) is 16.7. The maximum absolute atomic E-state index is 12.6. The third-order valence-electron chi connectivity index (χ3n) is 4.68. The summed E-state index contributed by atoms with van der Waals surface area (Å²) < 4.78 is 11.0. The standard InChI is InChI=1S/C23H21ClN2O3/c1-15(16-5-3-2-4-6-16)25-18-7-9-19(10-8-18)26-23(27)17-13-20(24)22-21(14-17)28-11-12-29-22/h2-10,13-15,25H,11-12H2,1H3,(H,26,27). The van der Waals surface area contributed by atoms with Crippen molar-refractivity contribution in [3.05, 3.63) is 82.9 Å². The minimum atomic E-state index is -0.262. The van der Waals surface area contributed by atoms with Crippen LogP contribution in [0.3, 0.4) is 0 Å². The molecule has 0 radical (unpaired) electrons. The smallest absolute Gasteiger partial charge is 0.255 e. The van der Waals surface area contributed by atoms with Crippen LogP contribution in [0.25, 0.3) is 0 Å². The number of carbonyl (C=O) groups is 1. The minimum Gasteiger partial charge on any atom is -0.486 e. The van der Waals surface area contributed by atoms with Gasteiger partial charge in [0.1, 0.15) is 13.2 Å². The first-order valence-corrected chi connectivity index (χ1v) is 9.80. The average Bonchev–Trinajstić information content (AvgIpc) is 2.75. The summed E-state index contributed by atoms with van der Waals surface area (Å²) >= 11 is 6.22. The first-order chi connectivity index (χ1) is 14.1. The maximum atomic E-state index is 12.6. The lowest BCUT2D eigenvalue weighted by molar-refractivity contribution is 0.102. The van der Waals surface area contributed by atoms with Gasteiger partial charge in [-0.3, -0.25) is 4.79 Å². The van der Waals surface area contributed by atoms with Crippen LogP contribution in [0.4, 0.5) is 11.4 Å². The van der Waals surface area contributed by atoms with E-state index in [1.165, 1.54) is 5.56 Å². The molecule has 6 heteroatoms. The van der Waals surface area contributed by atoms with Crippen molar-refractivity contribution in [3.8, 4) is 11.5 Å². The van der Waals surface area contributed by atoms with E-state index in [9.17, 15) is 4.79 Å². The van der Waals surface area contributed by atoms with Crippen molar-refractivity contribution >= 4 is 28.9 Å². The van der Waals surface area contributed by atoms with Gasteiger partial charge in [-0.05, 0) is 48.9 Å². The topological polar surface area (TPSA) is 59.6 Å². The molecule has 1 aliphatic heterocycles. The number of nitrogens with one attached hydrogen (secondary N) is 2. The molecule has 0 fully saturated rings. The largest absolute Gasteiger partial charge is 0.486 e. The molecule has 1 atom stereocenters. The van der Waals surface area contributed by atoms with Crippen molar-refractivity contribution in [1.82, 2.24) is 0 Å². The Morgan fingerprint density at radius 2 is 1.66 bits per heavy atom. The highest BCUT2D eigenvalue weighted by Gasteiger charge is 2.19. The Balaban J connectivity index is 1.42. The summed E-state index contributed by atoms with van der Waals surface area (Å²) in [5.74, 6) is 0.711. The second kappa shape index (κ2) is 8.45. The molecule has 0 aromatic heterocycles. The molecule has 0 bridgehead atoms. The zero-order chi connectivity index (χ0) is 20.2. The number of amides is 1. The van der Waals surface area contributed by atoms with Gasteiger partial charge in [0.15, 0.2) is 11.5 Å². The third kappa shape index (κ3) is 4.46. The fourth-order valence-corrected chi connectivity index (χ4v) is 3.44. The quantitative estimate of drug-likeness (QED) is 0.582. The second-order valence-electron chi connectivity index (χ2n) is 6.79. The van der Waals surface area contributed by atoms with Crippen molar-refractivity contribution in [1.29, 1.82) is 0 Å². The molecule has 1 amide bonds. The normalized spacial score (nSPS) is 13.4. The van der Waals surface area contributed by atoms with Crippen LogP contribution in [0.1, 0.15) is 28.9 Å². The maximum Gasteiger partial charge on any atom is 0.255 e. The van der Waals surface area contributed by atoms with E-state index in [-0.39, 0.29) is 11.9 Å². The number of benzene rings is 3. The van der Waals surface area contributed by atoms with Gasteiger partial charge in [-0.15, -0.1) is 0 Å². The highest BCUT2D eigenvalue weighted by Crippen LogP contribution is 2.38. The van der Waals surface area contributed by atoms with Crippen LogP contribution in [-0.2, 0) is 0 Å². The molecule has 148 valence electrons. The van der Waals surface area contributed by atoms with Gasteiger partial charge in [0.05, 0.1) is 5.02 Å². The number of hydrogen-bond acceptors (Lipinski definition) is 4. The number of ether oxygens (including phenoxy) is 2.